The topological polar surface area (TPSA) is 66.6 Å². The first-order valence-corrected chi connectivity index (χ1v) is 7.04. The number of halogens is 1. The van der Waals surface area contributed by atoms with Gasteiger partial charge >= 0.3 is 0 Å². The number of aryl methyl sites for hydroxylation is 1. The normalized spacial score (nSPS) is 13.3. The largest absolute Gasteiger partial charge is 0.508 e. The Kier molecular flexibility index (Phi) is 3.26. The molecule has 0 aliphatic carbocycles. The van der Waals surface area contributed by atoms with E-state index in [1.54, 1.807) is 4.90 Å². The first-order valence-electron chi connectivity index (χ1n) is 6.67. The van der Waals surface area contributed by atoms with Crippen LogP contribution in [0.3, 0.4) is 0 Å². The van der Waals surface area contributed by atoms with Gasteiger partial charge in [0.2, 0.25) is 0 Å². The van der Waals surface area contributed by atoms with Crippen molar-refractivity contribution in [2.24, 2.45) is 0 Å². The zero-order valence-electron chi connectivity index (χ0n) is 11.6. The van der Waals surface area contributed by atoms with E-state index in [9.17, 15) is 9.90 Å². The molecule has 0 spiro atoms. The van der Waals surface area contributed by atoms with Gasteiger partial charge in [-0.05, 0) is 48.7 Å². The summed E-state index contributed by atoms with van der Waals surface area (Å²) in [5, 5.41) is 9.88. The highest BCUT2D eigenvalue weighted by Gasteiger charge is 2.27. The van der Waals surface area contributed by atoms with Gasteiger partial charge in [-0.3, -0.25) is 4.79 Å². The van der Waals surface area contributed by atoms with Crippen LogP contribution >= 0.6 is 11.6 Å². The van der Waals surface area contributed by atoms with Crippen molar-refractivity contribution in [3.63, 3.8) is 0 Å². The van der Waals surface area contributed by atoms with Gasteiger partial charge in [0.25, 0.3) is 5.91 Å². The number of benzene rings is 2. The smallest absolute Gasteiger partial charge is 0.259 e. The highest BCUT2D eigenvalue weighted by Crippen LogP contribution is 2.34. The maximum atomic E-state index is 12.7. The minimum Gasteiger partial charge on any atom is -0.508 e. The molecule has 0 unspecified atom stereocenters. The number of nitrogens with two attached hydrogens (primary N) is 1. The van der Waals surface area contributed by atoms with Crippen molar-refractivity contribution in [1.29, 1.82) is 0 Å². The Morgan fingerprint density at radius 3 is 2.86 bits per heavy atom. The summed E-state index contributed by atoms with van der Waals surface area (Å²) in [6.07, 6.45) is 0.790. The molecule has 3 rings (SSSR count). The van der Waals surface area contributed by atoms with Gasteiger partial charge in [-0.1, -0.05) is 17.7 Å². The second-order valence-corrected chi connectivity index (χ2v) is 5.62. The number of hydrogen-bond donors (Lipinski definition) is 2. The maximum absolute atomic E-state index is 12.7. The van der Waals surface area contributed by atoms with Gasteiger partial charge in [0, 0.05) is 17.9 Å². The van der Waals surface area contributed by atoms with E-state index in [1.165, 1.54) is 18.2 Å². The third-order valence-corrected chi connectivity index (χ3v) is 4.12. The van der Waals surface area contributed by atoms with Crippen molar-refractivity contribution in [1.82, 2.24) is 0 Å². The quantitative estimate of drug-likeness (QED) is 0.795. The summed E-state index contributed by atoms with van der Waals surface area (Å²) >= 11 is 6.07. The van der Waals surface area contributed by atoms with Gasteiger partial charge < -0.3 is 15.7 Å². The molecule has 3 N–H and O–H groups in total. The number of hydrogen-bond acceptors (Lipinski definition) is 3. The number of fused-ring (bicyclic) bond motifs is 1. The molecule has 1 amide bonds. The monoisotopic (exact) mass is 302 g/mol. The number of carbonyl (C=O) groups excluding carboxylic acids is 1. The number of amides is 1. The van der Waals surface area contributed by atoms with Crippen LogP contribution in [0, 0.1) is 6.92 Å². The van der Waals surface area contributed by atoms with E-state index in [1.807, 2.05) is 19.1 Å². The maximum Gasteiger partial charge on any atom is 0.259 e. The Bertz CT molecular complexity index is 743. The predicted octanol–water partition coefficient (Wildman–Crippen LogP) is 3.14. The van der Waals surface area contributed by atoms with Crippen LogP contribution in [0.4, 0.5) is 11.4 Å². The molecule has 0 aromatic heterocycles. The molecule has 0 fully saturated rings. The molecule has 108 valence electrons. The summed E-state index contributed by atoms with van der Waals surface area (Å²) in [4.78, 5) is 14.3. The Morgan fingerprint density at radius 2 is 2.10 bits per heavy atom. The number of aromatic hydroxyl groups is 1. The number of rotatable bonds is 1. The summed E-state index contributed by atoms with van der Waals surface area (Å²) < 4.78 is 0. The summed E-state index contributed by atoms with van der Waals surface area (Å²) in [6.45, 7) is 2.54. The Morgan fingerprint density at radius 1 is 1.33 bits per heavy atom. The summed E-state index contributed by atoms with van der Waals surface area (Å²) in [5.74, 6) is -0.205. The molecule has 4 nitrogen and oxygen atoms in total. The van der Waals surface area contributed by atoms with Crippen LogP contribution in [0.5, 0.6) is 5.75 Å². The van der Waals surface area contributed by atoms with E-state index in [-0.39, 0.29) is 11.7 Å². The highest BCUT2D eigenvalue weighted by molar-refractivity contribution is 6.34. The summed E-state index contributed by atoms with van der Waals surface area (Å²) in [7, 11) is 0. The lowest BCUT2D eigenvalue weighted by Gasteiger charge is -2.19. The van der Waals surface area contributed by atoms with E-state index < -0.39 is 0 Å². The van der Waals surface area contributed by atoms with Crippen LogP contribution in [-0.4, -0.2) is 17.6 Å². The second-order valence-electron chi connectivity index (χ2n) is 5.21. The lowest BCUT2D eigenvalue weighted by molar-refractivity contribution is 0.0989. The van der Waals surface area contributed by atoms with Crippen LogP contribution in [0.25, 0.3) is 0 Å². The number of phenolic OH excluding ortho intramolecular Hbond substituents is 1. The SMILES string of the molecule is Cc1cc2c(cc1N)N(C(=O)c1cc(O)ccc1Cl)CC2. The van der Waals surface area contributed by atoms with Crippen molar-refractivity contribution in [3.8, 4) is 5.75 Å². The van der Waals surface area contributed by atoms with Gasteiger partial charge in [0.1, 0.15) is 5.75 Å². The fourth-order valence-corrected chi connectivity index (χ4v) is 2.81. The summed E-state index contributed by atoms with van der Waals surface area (Å²) in [5.41, 5.74) is 9.84. The second kappa shape index (κ2) is 4.97. The molecular formula is C16H15ClN2O2. The van der Waals surface area contributed by atoms with Crippen LogP contribution in [0.15, 0.2) is 30.3 Å². The van der Waals surface area contributed by atoms with Gasteiger partial charge in [0.05, 0.1) is 10.6 Å². The molecule has 0 bridgehead atoms. The van der Waals surface area contributed by atoms with E-state index in [0.29, 0.717) is 22.8 Å². The van der Waals surface area contributed by atoms with Crippen molar-refractivity contribution < 1.29 is 9.90 Å². The average Bonchev–Trinajstić information content (AvgIpc) is 2.84. The molecule has 0 radical (unpaired) electrons. The fourth-order valence-electron chi connectivity index (χ4n) is 2.61. The van der Waals surface area contributed by atoms with Crippen molar-refractivity contribution in [2.75, 3.05) is 17.2 Å². The molecule has 2 aromatic rings. The molecule has 5 heteroatoms. The minimum absolute atomic E-state index is 0.0191. The highest BCUT2D eigenvalue weighted by atomic mass is 35.5. The molecule has 1 aliphatic rings. The predicted molar refractivity (Wildman–Crippen MR) is 84.1 cm³/mol. The molecule has 2 aromatic carbocycles. The number of anilines is 2. The molecule has 0 saturated heterocycles. The van der Waals surface area contributed by atoms with Gasteiger partial charge in [-0.25, -0.2) is 0 Å². The van der Waals surface area contributed by atoms with Crippen LogP contribution in [0.1, 0.15) is 21.5 Å². The Balaban J connectivity index is 2.02. The van der Waals surface area contributed by atoms with Crippen molar-refractivity contribution in [3.05, 3.63) is 52.0 Å². The molecule has 1 heterocycles. The summed E-state index contributed by atoms with van der Waals surface area (Å²) in [6, 6.07) is 8.21. The van der Waals surface area contributed by atoms with Gasteiger partial charge in [-0.2, -0.15) is 0 Å². The van der Waals surface area contributed by atoms with Gasteiger partial charge in [0.15, 0.2) is 0 Å². The van der Waals surface area contributed by atoms with E-state index in [4.69, 9.17) is 17.3 Å². The van der Waals surface area contributed by atoms with Gasteiger partial charge in [-0.15, -0.1) is 0 Å². The number of phenols is 1. The number of carbonyl (C=O) groups is 1. The molecule has 1 aliphatic heterocycles. The van der Waals surface area contributed by atoms with Crippen molar-refractivity contribution >= 4 is 28.9 Å². The number of nitrogen functional groups attached to an aromatic ring is 1. The van der Waals surface area contributed by atoms with E-state index >= 15 is 0 Å². The Hall–Kier alpha value is -2.20. The third-order valence-electron chi connectivity index (χ3n) is 3.79. The van der Waals surface area contributed by atoms with Crippen molar-refractivity contribution in [2.45, 2.75) is 13.3 Å². The zero-order valence-corrected chi connectivity index (χ0v) is 12.3. The lowest BCUT2D eigenvalue weighted by atomic mass is 10.1. The standard InChI is InChI=1S/C16H15ClN2O2/c1-9-6-10-4-5-19(15(10)8-14(9)18)16(21)12-7-11(20)2-3-13(12)17/h2-3,6-8,20H,4-5,18H2,1H3. The first kappa shape index (κ1) is 13.8. The molecule has 0 saturated carbocycles. The van der Waals surface area contributed by atoms with Crippen LogP contribution in [-0.2, 0) is 6.42 Å². The lowest BCUT2D eigenvalue weighted by Crippen LogP contribution is -2.29. The Labute approximate surface area is 127 Å². The van der Waals surface area contributed by atoms with E-state index in [2.05, 4.69) is 0 Å². The fraction of sp³-hybridized carbons (Fsp3) is 0.188. The van der Waals surface area contributed by atoms with E-state index in [0.717, 1.165) is 23.2 Å². The zero-order chi connectivity index (χ0) is 15.1. The average molecular weight is 303 g/mol. The minimum atomic E-state index is -0.224. The molecule has 0 atom stereocenters. The number of nitrogens with zero attached hydrogens (tertiary/aromatic N) is 1. The third kappa shape index (κ3) is 2.32. The first-order chi connectivity index (χ1) is 9.97. The molecular weight excluding hydrogens is 288 g/mol. The van der Waals surface area contributed by atoms with Crippen LogP contribution < -0.4 is 10.6 Å². The molecule has 21 heavy (non-hydrogen) atoms. The van der Waals surface area contributed by atoms with Crippen LogP contribution in [0.2, 0.25) is 5.02 Å².